The van der Waals surface area contributed by atoms with E-state index in [2.05, 4.69) is 66.9 Å². The molecule has 14 heteroatoms. The smallest absolute Gasteiger partial charge is 0.350 e. The molecular weight excluding hydrogens is 991 g/mol. The SMILES string of the molecule is CC/C=C\C/C=C\C/C=C\C/C=C\C/C=C\C/C=C\CCC(=O)OC(C(=O)OC1CC2C(O)C3(OC(=O)c4ccccc4)C4(O)COC4CC(O)C3(C)C(=O)C(O)C(=C1C)C2(C)C)C(NC(=O)CC(C)(C)C)c1ccccc1. The Kier molecular flexibility index (Phi) is 21.0. The van der Waals surface area contributed by atoms with Crippen molar-refractivity contribution in [3.63, 3.8) is 0 Å². The number of nitrogens with one attached hydrogen (secondary N) is 1. The zero-order chi connectivity index (χ0) is 56.9. The first-order valence-corrected chi connectivity index (χ1v) is 27.6. The summed E-state index contributed by atoms with van der Waals surface area (Å²) in [5.41, 5.74) is -8.12. The van der Waals surface area contributed by atoms with Crippen LogP contribution in [0.5, 0.6) is 0 Å². The Morgan fingerprint density at radius 3 is 1.85 bits per heavy atom. The number of benzene rings is 2. The fourth-order valence-corrected chi connectivity index (χ4v) is 11.8. The Bertz CT molecular complexity index is 2620. The monoisotopic (exact) mass is 1070 g/mol. The van der Waals surface area contributed by atoms with Crippen LogP contribution in [-0.2, 0) is 38.1 Å². The minimum atomic E-state index is -2.63. The second-order valence-electron chi connectivity index (χ2n) is 23.0. The highest BCUT2D eigenvalue weighted by atomic mass is 16.6. The summed E-state index contributed by atoms with van der Waals surface area (Å²) in [5, 5.41) is 53.3. The maximum Gasteiger partial charge on any atom is 0.350 e. The van der Waals surface area contributed by atoms with E-state index in [1.807, 2.05) is 39.0 Å². The van der Waals surface area contributed by atoms with E-state index in [0.29, 0.717) is 12.0 Å². The molecule has 0 aromatic heterocycles. The van der Waals surface area contributed by atoms with Crippen LogP contribution in [0.1, 0.15) is 148 Å². The first kappa shape index (κ1) is 61.2. The zero-order valence-electron chi connectivity index (χ0n) is 46.8. The van der Waals surface area contributed by atoms with E-state index in [1.54, 1.807) is 69.3 Å². The number of carbonyl (C=O) groups excluding carboxylic acids is 5. The number of Topliss-reactive ketones (excluding diaryl/α,β-unsaturated/α-hetero) is 1. The van der Waals surface area contributed by atoms with E-state index in [0.717, 1.165) is 32.1 Å². The van der Waals surface area contributed by atoms with Crippen molar-refractivity contribution in [1.29, 1.82) is 0 Å². The normalized spacial score (nSPS) is 28.8. The van der Waals surface area contributed by atoms with Gasteiger partial charge < -0.3 is 44.7 Å². The van der Waals surface area contributed by atoms with Gasteiger partial charge in [-0.25, -0.2) is 9.59 Å². The molecule has 422 valence electrons. The van der Waals surface area contributed by atoms with Gasteiger partial charge in [-0.15, -0.1) is 0 Å². The molecule has 2 aromatic rings. The fraction of sp³-hybridized carbons (Fsp3) is 0.516. The number of hydrogen-bond acceptors (Lipinski definition) is 13. The summed E-state index contributed by atoms with van der Waals surface area (Å²) in [7, 11) is 0. The fourth-order valence-electron chi connectivity index (χ4n) is 11.8. The minimum absolute atomic E-state index is 0.0311. The van der Waals surface area contributed by atoms with Crippen LogP contribution in [0, 0.1) is 22.2 Å². The lowest BCUT2D eigenvalue weighted by Gasteiger charge is -2.69. The van der Waals surface area contributed by atoms with Crippen molar-refractivity contribution in [1.82, 2.24) is 5.32 Å². The van der Waals surface area contributed by atoms with Gasteiger partial charge in [0.05, 0.1) is 24.4 Å². The number of carbonyl (C=O) groups is 5. The summed E-state index contributed by atoms with van der Waals surface area (Å²) >= 11 is 0. The molecule has 11 unspecified atom stereocenters. The number of rotatable bonds is 23. The molecule has 2 aromatic carbocycles. The Balaban J connectivity index is 1.25. The van der Waals surface area contributed by atoms with Gasteiger partial charge in [0.2, 0.25) is 12.0 Å². The molecule has 6 rings (SSSR count). The van der Waals surface area contributed by atoms with Crippen molar-refractivity contribution < 1.29 is 63.3 Å². The molecule has 2 bridgehead atoms. The number of allylic oxidation sites excluding steroid dienone is 12. The number of aliphatic hydroxyl groups excluding tert-OH is 3. The van der Waals surface area contributed by atoms with Crippen LogP contribution >= 0.6 is 0 Å². The summed E-state index contributed by atoms with van der Waals surface area (Å²) in [6.07, 6.45) is 20.1. The quantitative estimate of drug-likeness (QED) is 0.0399. The molecule has 3 fully saturated rings. The van der Waals surface area contributed by atoms with Crippen LogP contribution in [0.3, 0.4) is 0 Å². The Hall–Kier alpha value is -6.03. The summed E-state index contributed by atoms with van der Waals surface area (Å²) in [6.45, 7) is 13.6. The van der Waals surface area contributed by atoms with Crippen LogP contribution in [0.4, 0.5) is 0 Å². The molecule has 14 nitrogen and oxygen atoms in total. The van der Waals surface area contributed by atoms with Crippen molar-refractivity contribution in [2.45, 2.75) is 180 Å². The van der Waals surface area contributed by atoms with Crippen LogP contribution in [0.2, 0.25) is 0 Å². The molecule has 4 aliphatic rings. The van der Waals surface area contributed by atoms with Gasteiger partial charge >= 0.3 is 17.9 Å². The molecule has 1 amide bonds. The topological polar surface area (TPSA) is 215 Å². The molecule has 78 heavy (non-hydrogen) atoms. The van der Waals surface area contributed by atoms with Gasteiger partial charge in [0.25, 0.3) is 0 Å². The highest BCUT2D eigenvalue weighted by Crippen LogP contribution is 2.64. The number of ketones is 1. The van der Waals surface area contributed by atoms with Crippen molar-refractivity contribution in [2.24, 2.45) is 22.2 Å². The summed E-state index contributed by atoms with van der Waals surface area (Å²) < 4.78 is 24.5. The Labute approximate surface area is 461 Å². The van der Waals surface area contributed by atoms with Crippen molar-refractivity contribution in [3.8, 4) is 0 Å². The van der Waals surface area contributed by atoms with Crippen molar-refractivity contribution >= 4 is 29.6 Å². The van der Waals surface area contributed by atoms with Crippen molar-refractivity contribution in [2.75, 3.05) is 6.61 Å². The first-order chi connectivity index (χ1) is 37.0. The average Bonchev–Trinajstić information content (AvgIpc) is 2.88. The lowest BCUT2D eigenvalue weighted by Crippen LogP contribution is -2.88. The second kappa shape index (κ2) is 26.7. The van der Waals surface area contributed by atoms with E-state index in [1.165, 1.54) is 19.1 Å². The Morgan fingerprint density at radius 2 is 1.32 bits per heavy atom. The lowest BCUT2D eigenvalue weighted by atomic mass is 9.43. The molecule has 1 heterocycles. The third-order valence-corrected chi connectivity index (χ3v) is 16.0. The molecule has 11 atom stereocenters. The van der Waals surface area contributed by atoms with Crippen molar-refractivity contribution in [3.05, 3.63) is 156 Å². The zero-order valence-corrected chi connectivity index (χ0v) is 46.8. The highest BCUT2D eigenvalue weighted by Gasteiger charge is 2.83. The highest BCUT2D eigenvalue weighted by molar-refractivity contribution is 5.96. The molecule has 1 saturated heterocycles. The number of esters is 3. The van der Waals surface area contributed by atoms with E-state index in [4.69, 9.17) is 18.9 Å². The number of aliphatic hydroxyl groups is 4. The van der Waals surface area contributed by atoms with Gasteiger partial charge in [0, 0.05) is 25.2 Å². The van der Waals surface area contributed by atoms with Crippen LogP contribution in [0.25, 0.3) is 0 Å². The van der Waals surface area contributed by atoms with E-state index >= 15 is 9.59 Å². The van der Waals surface area contributed by atoms with Crippen LogP contribution < -0.4 is 5.32 Å². The van der Waals surface area contributed by atoms with E-state index in [9.17, 15) is 34.8 Å². The number of amides is 1. The minimum Gasteiger partial charge on any atom is -0.455 e. The summed E-state index contributed by atoms with van der Waals surface area (Å²) in [4.78, 5) is 72.3. The first-order valence-electron chi connectivity index (χ1n) is 27.6. The molecule has 0 spiro atoms. The third kappa shape index (κ3) is 13.5. The summed E-state index contributed by atoms with van der Waals surface area (Å²) in [6, 6.07) is 15.1. The standard InChI is InChI=1S/C64H83NO13/c1-9-10-11-12-13-14-15-16-17-18-19-20-21-22-23-24-25-26-33-38-51(68)77-55(53(44-34-29-27-30-35-44)65-50(67)41-60(3,4)5)59(73)76-47-39-46-56(70)64(78-58(72)45-36-31-28-32-37-45)62(8,48(66)40-49-63(64,74)42-75-49)57(71)54(69)52(43(47)2)61(46,6)7/h10-11,13-14,16-17,19-20,22-23,25-32,34-37,46-49,53-56,66,69-70,74H,9,12,15,18,21,24,33,38-42H2,1-8H3,(H,65,67)/b11-10-,14-13-,17-16-,20-19-,23-22-,26-25-. The second-order valence-corrected chi connectivity index (χ2v) is 23.0. The van der Waals surface area contributed by atoms with Gasteiger partial charge in [-0.05, 0) is 105 Å². The molecule has 3 aliphatic carbocycles. The maximum atomic E-state index is 15.2. The van der Waals surface area contributed by atoms with Crippen LogP contribution in [0.15, 0.2) is 145 Å². The van der Waals surface area contributed by atoms with Crippen LogP contribution in [-0.4, -0.2) is 104 Å². The van der Waals surface area contributed by atoms with E-state index < -0.39 is 112 Å². The Morgan fingerprint density at radius 1 is 0.782 bits per heavy atom. The predicted octanol–water partition coefficient (Wildman–Crippen LogP) is 9.75. The third-order valence-electron chi connectivity index (χ3n) is 16.0. The molecule has 2 saturated carbocycles. The molecular formula is C64H83NO13. The van der Waals surface area contributed by atoms with Gasteiger partial charge in [0.15, 0.2) is 17.0 Å². The number of fused-ring (bicyclic) bond motifs is 5. The number of hydrogen-bond donors (Lipinski definition) is 5. The number of ether oxygens (including phenoxy) is 4. The molecule has 0 radical (unpaired) electrons. The van der Waals surface area contributed by atoms with E-state index in [-0.39, 0.29) is 48.8 Å². The predicted molar refractivity (Wildman–Crippen MR) is 298 cm³/mol. The van der Waals surface area contributed by atoms with Gasteiger partial charge in [0.1, 0.15) is 29.8 Å². The van der Waals surface area contributed by atoms with Gasteiger partial charge in [-0.3, -0.25) is 14.4 Å². The van der Waals surface area contributed by atoms with Gasteiger partial charge in [-0.2, -0.15) is 0 Å². The lowest BCUT2D eigenvalue weighted by molar-refractivity contribution is -0.390. The average molecular weight is 1070 g/mol. The summed E-state index contributed by atoms with van der Waals surface area (Å²) in [5.74, 6) is -5.43. The molecule has 5 N–H and O–H groups in total. The van der Waals surface area contributed by atoms with Gasteiger partial charge in [-0.1, -0.05) is 163 Å². The largest absolute Gasteiger partial charge is 0.455 e. The maximum absolute atomic E-state index is 15.2. The molecule has 1 aliphatic heterocycles.